The van der Waals surface area contributed by atoms with E-state index in [4.69, 9.17) is 0 Å². The largest absolute Gasteiger partial charge is 0.218 e. The average Bonchev–Trinajstić information content (AvgIpc) is 2.81. The lowest BCUT2D eigenvalue weighted by molar-refractivity contribution is -0.577. The Hall–Kier alpha value is -2.67. The zero-order chi connectivity index (χ0) is 22.0. The molecule has 1 aromatic heterocycles. The van der Waals surface area contributed by atoms with E-state index in [9.17, 15) is 0 Å². The molecule has 1 nitrogen and oxygen atoms in total. The standard InChI is InChI=1S/C30H36N/c1-6-9-10-13-24-16-15-22(4)26(20-24)25-17-18-28-27(21-25)29-14-11-12-19-31(29)23(5)30(28,7-2)8-3/h11-12,14-21H,5-10,13H2,1-4H3/q+1. The molecular weight excluding hydrogens is 374 g/mol. The summed E-state index contributed by atoms with van der Waals surface area (Å²) >= 11 is 0. The minimum Gasteiger partial charge on any atom is -0.164 e. The summed E-state index contributed by atoms with van der Waals surface area (Å²) in [5, 5.41) is 0. The van der Waals surface area contributed by atoms with Gasteiger partial charge in [-0.25, -0.2) is 0 Å². The Kier molecular flexibility index (Phi) is 6.14. The quantitative estimate of drug-likeness (QED) is 0.275. The molecule has 0 saturated carbocycles. The van der Waals surface area contributed by atoms with Gasteiger partial charge >= 0.3 is 0 Å². The maximum atomic E-state index is 4.55. The molecular formula is C30H36N+. The van der Waals surface area contributed by atoms with E-state index in [1.165, 1.54) is 70.5 Å². The number of aromatic nitrogens is 1. The third-order valence-electron chi connectivity index (χ3n) is 7.40. The molecule has 0 bridgehead atoms. The van der Waals surface area contributed by atoms with Gasteiger partial charge in [0.25, 0.3) is 0 Å². The van der Waals surface area contributed by atoms with Crippen LogP contribution in [-0.2, 0) is 11.8 Å². The molecule has 0 atom stereocenters. The van der Waals surface area contributed by atoms with Crippen molar-refractivity contribution in [2.75, 3.05) is 0 Å². The van der Waals surface area contributed by atoms with Gasteiger partial charge in [-0.3, -0.25) is 0 Å². The first-order valence-electron chi connectivity index (χ1n) is 12.0. The Morgan fingerprint density at radius 2 is 1.68 bits per heavy atom. The van der Waals surface area contributed by atoms with E-state index in [1.807, 2.05) is 0 Å². The van der Waals surface area contributed by atoms with Gasteiger partial charge in [0.15, 0.2) is 11.9 Å². The molecule has 0 spiro atoms. The van der Waals surface area contributed by atoms with E-state index < -0.39 is 0 Å². The highest BCUT2D eigenvalue weighted by Crippen LogP contribution is 2.47. The number of aryl methyl sites for hydroxylation is 2. The van der Waals surface area contributed by atoms with Crippen LogP contribution < -0.4 is 4.57 Å². The van der Waals surface area contributed by atoms with Crippen LogP contribution in [0.2, 0.25) is 0 Å². The molecule has 1 aliphatic heterocycles. The fourth-order valence-corrected chi connectivity index (χ4v) is 5.38. The topological polar surface area (TPSA) is 3.88 Å². The third-order valence-corrected chi connectivity index (χ3v) is 7.40. The second-order valence-corrected chi connectivity index (χ2v) is 9.06. The Bertz CT molecular complexity index is 1100. The highest BCUT2D eigenvalue weighted by molar-refractivity contribution is 5.79. The summed E-state index contributed by atoms with van der Waals surface area (Å²) in [6.07, 6.45) is 9.29. The Labute approximate surface area is 188 Å². The zero-order valence-corrected chi connectivity index (χ0v) is 19.7. The molecule has 0 fully saturated rings. The van der Waals surface area contributed by atoms with Gasteiger partial charge in [-0.1, -0.05) is 63.9 Å². The summed E-state index contributed by atoms with van der Waals surface area (Å²) in [6, 6.07) is 20.6. The van der Waals surface area contributed by atoms with Crippen molar-refractivity contribution in [2.24, 2.45) is 0 Å². The molecule has 2 heterocycles. The molecule has 1 aliphatic rings. The summed E-state index contributed by atoms with van der Waals surface area (Å²) < 4.78 is 2.31. The van der Waals surface area contributed by atoms with E-state index in [0.717, 1.165) is 12.8 Å². The maximum Gasteiger partial charge on any atom is 0.218 e. The predicted octanol–water partition coefficient (Wildman–Crippen LogP) is 7.89. The first-order valence-corrected chi connectivity index (χ1v) is 12.0. The highest BCUT2D eigenvalue weighted by Gasteiger charge is 2.45. The van der Waals surface area contributed by atoms with Gasteiger partial charge in [0.2, 0.25) is 5.69 Å². The summed E-state index contributed by atoms with van der Waals surface area (Å²) in [5.41, 5.74) is 10.7. The summed E-state index contributed by atoms with van der Waals surface area (Å²) in [5.74, 6) is 0. The maximum absolute atomic E-state index is 4.55. The van der Waals surface area contributed by atoms with Crippen molar-refractivity contribution >= 4 is 5.70 Å². The summed E-state index contributed by atoms with van der Waals surface area (Å²) in [6.45, 7) is 13.6. The molecule has 2 aromatic carbocycles. The van der Waals surface area contributed by atoms with Crippen molar-refractivity contribution in [1.82, 2.24) is 0 Å². The summed E-state index contributed by atoms with van der Waals surface area (Å²) in [7, 11) is 0. The van der Waals surface area contributed by atoms with E-state index in [0.29, 0.717) is 0 Å². The summed E-state index contributed by atoms with van der Waals surface area (Å²) in [4.78, 5) is 0. The number of rotatable bonds is 7. The minimum absolute atomic E-state index is 0.00999. The van der Waals surface area contributed by atoms with E-state index in [-0.39, 0.29) is 5.41 Å². The molecule has 0 amide bonds. The second kappa shape index (κ2) is 8.83. The number of unbranched alkanes of at least 4 members (excludes halogenated alkanes) is 2. The number of allylic oxidation sites excluding steroid dienone is 1. The number of hydrogen-bond donors (Lipinski definition) is 0. The lowest BCUT2D eigenvalue weighted by Gasteiger charge is -2.35. The molecule has 4 rings (SSSR count). The highest BCUT2D eigenvalue weighted by atomic mass is 15.0. The molecule has 0 saturated heterocycles. The zero-order valence-electron chi connectivity index (χ0n) is 19.7. The Morgan fingerprint density at radius 1 is 0.871 bits per heavy atom. The predicted molar refractivity (Wildman–Crippen MR) is 133 cm³/mol. The fraction of sp³-hybridized carbons (Fsp3) is 0.367. The van der Waals surface area contributed by atoms with Crippen LogP contribution in [0.25, 0.3) is 28.1 Å². The lowest BCUT2D eigenvalue weighted by atomic mass is 9.68. The average molecular weight is 411 g/mol. The van der Waals surface area contributed by atoms with Gasteiger partial charge in [0.1, 0.15) is 0 Å². The first-order chi connectivity index (χ1) is 15.1. The van der Waals surface area contributed by atoms with Crippen LogP contribution >= 0.6 is 0 Å². The van der Waals surface area contributed by atoms with Crippen molar-refractivity contribution in [3.05, 3.63) is 84.1 Å². The first kappa shape index (κ1) is 21.6. The molecule has 0 unspecified atom stereocenters. The number of pyridine rings is 1. The molecule has 0 radical (unpaired) electrons. The van der Waals surface area contributed by atoms with Crippen LogP contribution in [0.4, 0.5) is 0 Å². The number of nitrogens with zero attached hydrogens (tertiary/aromatic N) is 1. The monoisotopic (exact) mass is 410 g/mol. The second-order valence-electron chi connectivity index (χ2n) is 9.06. The van der Waals surface area contributed by atoms with Crippen molar-refractivity contribution < 1.29 is 4.57 Å². The van der Waals surface area contributed by atoms with Gasteiger partial charge in [-0.15, -0.1) is 0 Å². The third kappa shape index (κ3) is 3.65. The fourth-order valence-electron chi connectivity index (χ4n) is 5.38. The van der Waals surface area contributed by atoms with Crippen LogP contribution in [-0.4, -0.2) is 0 Å². The number of hydrogen-bond acceptors (Lipinski definition) is 0. The molecule has 31 heavy (non-hydrogen) atoms. The van der Waals surface area contributed by atoms with Crippen molar-refractivity contribution in [3.8, 4) is 22.4 Å². The van der Waals surface area contributed by atoms with Crippen LogP contribution in [0.15, 0.2) is 67.4 Å². The van der Waals surface area contributed by atoms with Crippen LogP contribution in [0, 0.1) is 6.92 Å². The van der Waals surface area contributed by atoms with Crippen molar-refractivity contribution in [3.63, 3.8) is 0 Å². The number of benzene rings is 2. The Balaban J connectivity index is 1.86. The van der Waals surface area contributed by atoms with Crippen LogP contribution in [0.5, 0.6) is 0 Å². The number of fused-ring (bicyclic) bond motifs is 3. The lowest BCUT2D eigenvalue weighted by Crippen LogP contribution is -2.48. The van der Waals surface area contributed by atoms with E-state index in [2.05, 4.69) is 99.6 Å². The van der Waals surface area contributed by atoms with Gasteiger partial charge in [0, 0.05) is 12.1 Å². The van der Waals surface area contributed by atoms with E-state index >= 15 is 0 Å². The van der Waals surface area contributed by atoms with Crippen molar-refractivity contribution in [1.29, 1.82) is 0 Å². The van der Waals surface area contributed by atoms with Gasteiger partial charge in [-0.2, -0.15) is 4.57 Å². The molecule has 0 N–H and O–H groups in total. The molecule has 3 aromatic rings. The van der Waals surface area contributed by atoms with Gasteiger partial charge in [0.05, 0.1) is 11.0 Å². The van der Waals surface area contributed by atoms with Gasteiger partial charge < -0.3 is 0 Å². The SMILES string of the molecule is C=C1[n+]2ccccc2-c2cc(-c3cc(CCCCC)ccc3C)ccc2C1(CC)CC. The minimum atomic E-state index is -0.00999. The Morgan fingerprint density at radius 3 is 2.42 bits per heavy atom. The van der Waals surface area contributed by atoms with Crippen LogP contribution in [0.3, 0.4) is 0 Å². The molecule has 0 aliphatic carbocycles. The molecule has 1 heteroatoms. The smallest absolute Gasteiger partial charge is 0.164 e. The van der Waals surface area contributed by atoms with Gasteiger partial charge in [-0.05, 0) is 79.1 Å². The van der Waals surface area contributed by atoms with Crippen molar-refractivity contribution in [2.45, 2.75) is 71.6 Å². The molecule has 160 valence electrons. The van der Waals surface area contributed by atoms with Crippen LogP contribution in [0.1, 0.15) is 69.6 Å². The normalized spacial score (nSPS) is 14.3. The van der Waals surface area contributed by atoms with E-state index in [1.54, 1.807) is 0 Å².